The third-order valence-corrected chi connectivity index (χ3v) is 7.18. The zero-order valence-electron chi connectivity index (χ0n) is 20.5. The normalized spacial score (nSPS) is 18.1. The van der Waals surface area contributed by atoms with Gasteiger partial charge in [0.1, 0.15) is 11.9 Å². The van der Waals surface area contributed by atoms with E-state index in [0.717, 1.165) is 73.3 Å². The topological polar surface area (TPSA) is 49.8 Å². The molecule has 2 aliphatic rings. The molecular formula is C31H32FNO3. The Morgan fingerprint density at radius 3 is 2.64 bits per heavy atom. The Morgan fingerprint density at radius 1 is 1.00 bits per heavy atom. The Labute approximate surface area is 212 Å². The van der Waals surface area contributed by atoms with Crippen LogP contribution in [-0.4, -0.2) is 48.4 Å². The minimum atomic E-state index is -0.900. The van der Waals surface area contributed by atoms with Gasteiger partial charge in [-0.15, -0.1) is 0 Å². The Bertz CT molecular complexity index is 1250. The SMILES string of the molecule is O=C(O)c1ccc2c(c1)CCCC(c1ccccc1)=C2c1cccc(O[C@@H]2CCN(CCCF)C2)c1. The number of rotatable bonds is 8. The number of hydrogen-bond acceptors (Lipinski definition) is 3. The molecule has 0 radical (unpaired) electrons. The van der Waals surface area contributed by atoms with Gasteiger partial charge in [0.2, 0.25) is 0 Å². The van der Waals surface area contributed by atoms with Crippen molar-refractivity contribution in [1.82, 2.24) is 4.90 Å². The number of aryl methyl sites for hydroxylation is 1. The molecule has 5 rings (SSSR count). The predicted molar refractivity (Wildman–Crippen MR) is 141 cm³/mol. The van der Waals surface area contributed by atoms with Crippen molar-refractivity contribution in [3.63, 3.8) is 0 Å². The van der Waals surface area contributed by atoms with E-state index in [1.54, 1.807) is 6.07 Å². The zero-order valence-corrected chi connectivity index (χ0v) is 20.5. The number of benzene rings is 3. The number of carbonyl (C=O) groups is 1. The number of carboxylic acid groups (broad SMARTS) is 1. The molecule has 4 nitrogen and oxygen atoms in total. The van der Waals surface area contributed by atoms with Crippen molar-refractivity contribution < 1.29 is 19.0 Å². The van der Waals surface area contributed by atoms with Crippen LogP contribution in [0.3, 0.4) is 0 Å². The van der Waals surface area contributed by atoms with E-state index in [4.69, 9.17) is 4.74 Å². The van der Waals surface area contributed by atoms with Crippen molar-refractivity contribution in [3.05, 3.63) is 101 Å². The van der Waals surface area contributed by atoms with Gasteiger partial charge in [0.05, 0.1) is 12.2 Å². The van der Waals surface area contributed by atoms with Gasteiger partial charge in [0.15, 0.2) is 0 Å². The third-order valence-electron chi connectivity index (χ3n) is 7.18. The van der Waals surface area contributed by atoms with Crippen LogP contribution in [0.25, 0.3) is 11.1 Å². The number of allylic oxidation sites excluding steroid dienone is 1. The van der Waals surface area contributed by atoms with Crippen molar-refractivity contribution in [3.8, 4) is 5.75 Å². The molecule has 0 amide bonds. The van der Waals surface area contributed by atoms with Crippen LogP contribution >= 0.6 is 0 Å². The number of carboxylic acids is 1. The number of likely N-dealkylation sites (tertiary alicyclic amines) is 1. The lowest BCUT2D eigenvalue weighted by Gasteiger charge is -2.19. The molecule has 1 heterocycles. The quantitative estimate of drug-likeness (QED) is 0.396. The van der Waals surface area contributed by atoms with Gasteiger partial charge in [-0.1, -0.05) is 48.5 Å². The minimum Gasteiger partial charge on any atom is -0.489 e. The first-order valence-electron chi connectivity index (χ1n) is 12.8. The smallest absolute Gasteiger partial charge is 0.335 e. The van der Waals surface area contributed by atoms with Gasteiger partial charge < -0.3 is 9.84 Å². The first kappa shape index (κ1) is 24.3. The van der Waals surface area contributed by atoms with Crippen molar-refractivity contribution in [2.75, 3.05) is 26.3 Å². The maximum atomic E-state index is 12.6. The van der Waals surface area contributed by atoms with Gasteiger partial charge in [0, 0.05) is 19.6 Å². The average molecular weight is 486 g/mol. The average Bonchev–Trinajstić information content (AvgIpc) is 3.25. The summed E-state index contributed by atoms with van der Waals surface area (Å²) in [6.45, 7) is 2.26. The molecule has 0 aromatic heterocycles. The minimum absolute atomic E-state index is 0.0991. The highest BCUT2D eigenvalue weighted by Crippen LogP contribution is 2.41. The second-order valence-corrected chi connectivity index (χ2v) is 9.65. The Morgan fingerprint density at radius 2 is 1.83 bits per heavy atom. The number of ether oxygens (including phenoxy) is 1. The number of aromatic carboxylic acids is 1. The first-order valence-corrected chi connectivity index (χ1v) is 12.8. The van der Waals surface area contributed by atoms with Crippen LogP contribution in [0.5, 0.6) is 5.75 Å². The zero-order chi connectivity index (χ0) is 24.9. The van der Waals surface area contributed by atoms with Crippen LogP contribution in [0, 0.1) is 0 Å². The summed E-state index contributed by atoms with van der Waals surface area (Å²) in [5.74, 6) is -0.0684. The Hall–Kier alpha value is -3.44. The molecule has 186 valence electrons. The lowest BCUT2D eigenvalue weighted by atomic mass is 9.87. The van der Waals surface area contributed by atoms with Crippen molar-refractivity contribution in [2.24, 2.45) is 0 Å². The monoisotopic (exact) mass is 485 g/mol. The standard InChI is InChI=1S/C31H32FNO3/c32-16-6-17-33-18-15-27(21-33)36-26-11-4-10-24(20-26)30-28(22-7-2-1-3-8-22)12-5-9-23-19-25(31(34)35)13-14-29(23)30/h1-4,7-8,10-11,13-14,19-20,27H,5-6,9,12,15-18,21H2,(H,34,35)/t27-/m1/s1. The highest BCUT2D eigenvalue weighted by atomic mass is 19.1. The summed E-state index contributed by atoms with van der Waals surface area (Å²) in [4.78, 5) is 13.9. The van der Waals surface area contributed by atoms with Crippen LogP contribution in [0.15, 0.2) is 72.8 Å². The van der Waals surface area contributed by atoms with Crippen LogP contribution in [0.2, 0.25) is 0 Å². The van der Waals surface area contributed by atoms with E-state index in [1.165, 1.54) is 11.1 Å². The van der Waals surface area contributed by atoms with Gasteiger partial charge in [-0.05, 0) is 89.8 Å². The fourth-order valence-corrected chi connectivity index (χ4v) is 5.48. The molecule has 3 aromatic carbocycles. The highest BCUT2D eigenvalue weighted by Gasteiger charge is 2.25. The van der Waals surface area contributed by atoms with Gasteiger partial charge in [-0.2, -0.15) is 0 Å². The molecule has 5 heteroatoms. The summed E-state index contributed by atoms with van der Waals surface area (Å²) in [5, 5.41) is 9.56. The second-order valence-electron chi connectivity index (χ2n) is 9.65. The molecule has 1 fully saturated rings. The van der Waals surface area contributed by atoms with Crippen LogP contribution in [0.4, 0.5) is 4.39 Å². The van der Waals surface area contributed by atoms with Crippen molar-refractivity contribution in [1.29, 1.82) is 0 Å². The third kappa shape index (κ3) is 5.36. The number of nitrogens with zero attached hydrogens (tertiary/aromatic N) is 1. The van der Waals surface area contributed by atoms with E-state index in [0.29, 0.717) is 12.0 Å². The molecule has 1 aliphatic heterocycles. The molecule has 0 unspecified atom stereocenters. The molecular weight excluding hydrogens is 453 g/mol. The first-order chi connectivity index (χ1) is 17.6. The van der Waals surface area contributed by atoms with Gasteiger partial charge in [-0.3, -0.25) is 9.29 Å². The fraction of sp³-hybridized carbons (Fsp3) is 0.323. The molecule has 1 saturated heterocycles. The summed E-state index contributed by atoms with van der Waals surface area (Å²) < 4.78 is 19.0. The van der Waals surface area contributed by atoms with Crippen molar-refractivity contribution in [2.45, 2.75) is 38.2 Å². The molecule has 1 atom stereocenters. The van der Waals surface area contributed by atoms with E-state index < -0.39 is 5.97 Å². The van der Waals surface area contributed by atoms with Crippen LogP contribution in [0.1, 0.15) is 58.3 Å². The maximum Gasteiger partial charge on any atom is 0.335 e. The summed E-state index contributed by atoms with van der Waals surface area (Å²) in [7, 11) is 0. The number of halogens is 1. The van der Waals surface area contributed by atoms with Gasteiger partial charge in [-0.25, -0.2) is 4.79 Å². The largest absolute Gasteiger partial charge is 0.489 e. The van der Waals surface area contributed by atoms with Gasteiger partial charge in [0.25, 0.3) is 0 Å². The van der Waals surface area contributed by atoms with Crippen LogP contribution < -0.4 is 4.74 Å². The molecule has 0 spiro atoms. The molecule has 3 aromatic rings. The highest BCUT2D eigenvalue weighted by molar-refractivity contribution is 6.00. The number of alkyl halides is 1. The predicted octanol–water partition coefficient (Wildman–Crippen LogP) is 6.49. The van der Waals surface area contributed by atoms with E-state index in [2.05, 4.69) is 41.3 Å². The molecule has 1 aliphatic carbocycles. The Kier molecular flexibility index (Phi) is 7.47. The number of hydrogen-bond donors (Lipinski definition) is 1. The van der Waals surface area contributed by atoms with E-state index >= 15 is 0 Å². The fourth-order valence-electron chi connectivity index (χ4n) is 5.48. The second kappa shape index (κ2) is 11.1. The summed E-state index contributed by atoms with van der Waals surface area (Å²) in [5.41, 5.74) is 7.16. The molecule has 36 heavy (non-hydrogen) atoms. The lowest BCUT2D eigenvalue weighted by molar-refractivity contribution is 0.0696. The summed E-state index contributed by atoms with van der Waals surface area (Å²) in [6.07, 6.45) is 4.31. The Balaban J connectivity index is 1.53. The summed E-state index contributed by atoms with van der Waals surface area (Å²) in [6, 6.07) is 24.2. The summed E-state index contributed by atoms with van der Waals surface area (Å²) >= 11 is 0. The maximum absolute atomic E-state index is 12.6. The van der Waals surface area contributed by atoms with Crippen molar-refractivity contribution >= 4 is 17.1 Å². The van der Waals surface area contributed by atoms with Gasteiger partial charge >= 0.3 is 5.97 Å². The molecule has 1 N–H and O–H groups in total. The van der Waals surface area contributed by atoms with E-state index in [9.17, 15) is 14.3 Å². The number of fused-ring (bicyclic) bond motifs is 1. The lowest BCUT2D eigenvalue weighted by Crippen LogP contribution is -2.26. The van der Waals surface area contributed by atoms with Crippen LogP contribution in [-0.2, 0) is 6.42 Å². The van der Waals surface area contributed by atoms with E-state index in [1.807, 2.05) is 30.3 Å². The molecule has 0 saturated carbocycles. The molecule has 0 bridgehead atoms. The van der Waals surface area contributed by atoms with E-state index in [-0.39, 0.29) is 12.8 Å².